The van der Waals surface area contributed by atoms with Crippen molar-refractivity contribution in [3.05, 3.63) is 19.7 Å². The summed E-state index contributed by atoms with van der Waals surface area (Å²) in [6.45, 7) is 8.01. The SMILES string of the molecule is C=CNC1CC2CC1CC2([CH2-])C[C-]=N.[U+2]. The summed E-state index contributed by atoms with van der Waals surface area (Å²) in [5.41, 5.74) is 0.117. The van der Waals surface area contributed by atoms with E-state index in [1.54, 1.807) is 6.20 Å². The molecule has 2 N–H and O–H groups in total. The number of nitrogens with one attached hydrogen (secondary N) is 2. The first-order chi connectivity index (χ1) is 6.69. The molecule has 0 aliphatic heterocycles. The van der Waals surface area contributed by atoms with Crippen LogP contribution < -0.4 is 5.32 Å². The fourth-order valence-corrected chi connectivity index (χ4v) is 3.29. The predicted molar refractivity (Wildman–Crippen MR) is 58.1 cm³/mol. The van der Waals surface area contributed by atoms with Crippen molar-refractivity contribution in [2.75, 3.05) is 0 Å². The first-order valence-corrected chi connectivity index (χ1v) is 5.31. The van der Waals surface area contributed by atoms with Crippen LogP contribution in [0.2, 0.25) is 0 Å². The van der Waals surface area contributed by atoms with Crippen LogP contribution in [0.3, 0.4) is 0 Å². The Hall–Kier alpha value is 0.262. The van der Waals surface area contributed by atoms with E-state index in [0.29, 0.717) is 12.0 Å². The van der Waals surface area contributed by atoms with Crippen molar-refractivity contribution < 1.29 is 31.1 Å². The van der Waals surface area contributed by atoms with Crippen LogP contribution in [0, 0.1) is 60.7 Å². The van der Waals surface area contributed by atoms with Crippen molar-refractivity contribution in [1.82, 2.24) is 5.32 Å². The Morgan fingerprint density at radius 2 is 2.33 bits per heavy atom. The molecule has 2 bridgehead atoms. The smallest absolute Gasteiger partial charge is 0.519 e. The van der Waals surface area contributed by atoms with E-state index in [1.807, 2.05) is 0 Å². The summed E-state index contributed by atoms with van der Waals surface area (Å²) in [4.78, 5) is 0. The second kappa shape index (κ2) is 5.06. The molecule has 0 saturated heterocycles. The quantitative estimate of drug-likeness (QED) is 0.523. The van der Waals surface area contributed by atoms with Crippen LogP contribution in [0.15, 0.2) is 12.8 Å². The molecular formula is C12H18N2U. The van der Waals surface area contributed by atoms with E-state index in [-0.39, 0.29) is 36.5 Å². The Labute approximate surface area is 116 Å². The van der Waals surface area contributed by atoms with Crippen molar-refractivity contribution in [1.29, 1.82) is 5.41 Å². The van der Waals surface area contributed by atoms with Gasteiger partial charge in [0.05, 0.1) is 0 Å². The van der Waals surface area contributed by atoms with Gasteiger partial charge in [0.2, 0.25) is 0 Å². The van der Waals surface area contributed by atoms with Gasteiger partial charge in [0.25, 0.3) is 0 Å². The minimum Gasteiger partial charge on any atom is -0.519 e. The van der Waals surface area contributed by atoms with Crippen molar-refractivity contribution in [2.24, 2.45) is 17.3 Å². The third-order valence-corrected chi connectivity index (χ3v) is 4.00. The molecule has 2 aliphatic carbocycles. The minimum absolute atomic E-state index is 0. The summed E-state index contributed by atoms with van der Waals surface area (Å²) in [6.07, 6.45) is 8.68. The number of fused-ring (bicyclic) bond motifs is 2. The van der Waals surface area contributed by atoms with E-state index in [4.69, 9.17) is 5.41 Å². The molecule has 4 atom stereocenters. The molecule has 0 spiro atoms. The summed E-state index contributed by atoms with van der Waals surface area (Å²) in [7, 11) is 0. The van der Waals surface area contributed by atoms with Crippen molar-refractivity contribution in [3.63, 3.8) is 0 Å². The van der Waals surface area contributed by atoms with Crippen LogP contribution in [0.5, 0.6) is 0 Å². The first-order valence-electron chi connectivity index (χ1n) is 5.31. The van der Waals surface area contributed by atoms with E-state index in [1.165, 1.54) is 12.8 Å². The fraction of sp³-hybridized carbons (Fsp3) is 0.667. The van der Waals surface area contributed by atoms with Crippen LogP contribution in [-0.4, -0.2) is 12.3 Å². The molecule has 0 heterocycles. The Morgan fingerprint density at radius 1 is 1.60 bits per heavy atom. The maximum Gasteiger partial charge on any atom is 2.00 e. The zero-order valence-electron chi connectivity index (χ0n) is 9.05. The van der Waals surface area contributed by atoms with Gasteiger partial charge in [-0.3, -0.25) is 0 Å². The molecule has 2 rings (SSSR count). The molecule has 15 heavy (non-hydrogen) atoms. The van der Waals surface area contributed by atoms with Gasteiger partial charge in [-0.05, 0) is 25.0 Å². The van der Waals surface area contributed by atoms with E-state index in [9.17, 15) is 0 Å². The summed E-state index contributed by atoms with van der Waals surface area (Å²) >= 11 is 0. The van der Waals surface area contributed by atoms with E-state index < -0.39 is 0 Å². The van der Waals surface area contributed by atoms with Crippen LogP contribution >= 0.6 is 0 Å². The van der Waals surface area contributed by atoms with E-state index >= 15 is 0 Å². The van der Waals surface area contributed by atoms with Crippen LogP contribution in [0.1, 0.15) is 25.7 Å². The number of hydrogen-bond acceptors (Lipinski definition) is 2. The van der Waals surface area contributed by atoms with Crippen molar-refractivity contribution in [2.45, 2.75) is 31.7 Å². The second-order valence-corrected chi connectivity index (χ2v) is 4.83. The monoisotopic (exact) mass is 428 g/mol. The maximum absolute atomic E-state index is 7.08. The average Bonchev–Trinajstić information content (AvgIpc) is 2.62. The van der Waals surface area contributed by atoms with Crippen molar-refractivity contribution in [3.8, 4) is 0 Å². The molecule has 0 amide bonds. The third-order valence-electron chi connectivity index (χ3n) is 4.00. The van der Waals surface area contributed by atoms with E-state index in [0.717, 1.165) is 18.8 Å². The normalized spacial score (nSPS) is 42.1. The van der Waals surface area contributed by atoms with Gasteiger partial charge in [-0.2, -0.15) is 11.8 Å². The van der Waals surface area contributed by atoms with Gasteiger partial charge >= 0.3 is 31.1 Å². The Kier molecular flexibility index (Phi) is 4.50. The number of rotatable bonds is 4. The Morgan fingerprint density at radius 3 is 2.80 bits per heavy atom. The molecule has 2 aliphatic rings. The number of hydrogen-bond donors (Lipinski definition) is 2. The molecule has 0 aromatic carbocycles. The molecule has 4 unspecified atom stereocenters. The topological polar surface area (TPSA) is 35.9 Å². The maximum atomic E-state index is 7.08. The van der Waals surface area contributed by atoms with Crippen LogP contribution in [0.4, 0.5) is 0 Å². The molecular weight excluding hydrogens is 410 g/mol. The largest absolute Gasteiger partial charge is 2.00 e. The Balaban J connectivity index is 0.00000112. The summed E-state index contributed by atoms with van der Waals surface area (Å²) in [6, 6.07) is 0.609. The van der Waals surface area contributed by atoms with Gasteiger partial charge in [-0.25, -0.2) is 0 Å². The molecule has 80 valence electrons. The molecule has 0 radical (unpaired) electrons. The molecule has 2 fully saturated rings. The van der Waals surface area contributed by atoms with Gasteiger partial charge < -0.3 is 23.9 Å². The predicted octanol–water partition coefficient (Wildman–Crippen LogP) is 2.26. The molecule has 3 heteroatoms. The molecule has 2 nitrogen and oxygen atoms in total. The van der Waals surface area contributed by atoms with Gasteiger partial charge in [-0.15, -0.1) is 0 Å². The van der Waals surface area contributed by atoms with Crippen molar-refractivity contribution >= 4 is 6.21 Å². The van der Waals surface area contributed by atoms with Crippen LogP contribution in [-0.2, 0) is 0 Å². The third kappa shape index (κ3) is 2.34. The molecule has 0 aromatic heterocycles. The first kappa shape index (κ1) is 13.3. The summed E-state index contributed by atoms with van der Waals surface area (Å²) < 4.78 is 0. The van der Waals surface area contributed by atoms with Gasteiger partial charge in [0.15, 0.2) is 0 Å². The van der Waals surface area contributed by atoms with Gasteiger partial charge in [-0.1, -0.05) is 18.9 Å². The van der Waals surface area contributed by atoms with Gasteiger partial charge in [0, 0.05) is 6.04 Å². The zero-order valence-corrected chi connectivity index (χ0v) is 13.2. The standard InChI is InChI=1S/C12H18N2.U/c1-3-14-11-7-10-6-9(11)8-12(10,2)4-5-13;/h3,9-11,13-14H,1-2,4,6-8H2;/q-2;+2. The molecule has 2 saturated carbocycles. The average molecular weight is 428 g/mol. The zero-order chi connectivity index (χ0) is 10.2. The minimum atomic E-state index is 0. The van der Waals surface area contributed by atoms with Crippen LogP contribution in [0.25, 0.3) is 0 Å². The fourth-order valence-electron chi connectivity index (χ4n) is 3.29. The summed E-state index contributed by atoms with van der Waals surface area (Å²) in [5, 5.41) is 10.4. The summed E-state index contributed by atoms with van der Waals surface area (Å²) in [5.74, 6) is 1.42. The molecule has 0 aromatic rings. The second-order valence-electron chi connectivity index (χ2n) is 4.83. The van der Waals surface area contributed by atoms with E-state index in [2.05, 4.69) is 25.0 Å². The Bertz CT molecular complexity index is 254. The van der Waals surface area contributed by atoms with Gasteiger partial charge in [0.1, 0.15) is 0 Å².